The summed E-state index contributed by atoms with van der Waals surface area (Å²) in [5.74, 6) is 0.423. The van der Waals surface area contributed by atoms with Gasteiger partial charge in [0.1, 0.15) is 5.01 Å². The Morgan fingerprint density at radius 2 is 1.88 bits per heavy atom. The zero-order chi connectivity index (χ0) is 17.1. The van der Waals surface area contributed by atoms with Crippen LogP contribution in [0.5, 0.6) is 0 Å². The Morgan fingerprint density at radius 1 is 1.12 bits per heavy atom. The Hall–Kier alpha value is -2.48. The molecule has 0 radical (unpaired) electrons. The number of hydrogen-bond acceptors (Lipinski definition) is 5. The first kappa shape index (κ1) is 16.0. The average Bonchev–Trinajstić information content (AvgIpc) is 3.30. The molecule has 2 amide bonds. The number of nitrogens with zero attached hydrogens (tertiary/aromatic N) is 1. The van der Waals surface area contributed by atoms with Crippen molar-refractivity contribution in [1.82, 2.24) is 21.2 Å². The van der Waals surface area contributed by atoms with Gasteiger partial charge in [-0.3, -0.25) is 10.9 Å². The molecule has 2 heterocycles. The largest absolute Gasteiger partial charge is 0.337 e. The van der Waals surface area contributed by atoms with E-state index in [9.17, 15) is 4.79 Å². The molecule has 128 valence electrons. The van der Waals surface area contributed by atoms with Crippen LogP contribution in [0.1, 0.15) is 0 Å². The number of benzene rings is 2. The standard InChI is InChI=1S/C18H19N5OS/c24-18(19-9-12-10-20-21-11-12)22-14-7-5-13(6-8-14)17-23-15-3-1-2-4-16(15)25-17/h1-8,12,20-21H,9-11H2,(H2,19,22,24). The molecule has 0 aliphatic carbocycles. The van der Waals surface area contributed by atoms with E-state index in [4.69, 9.17) is 0 Å². The van der Waals surface area contributed by atoms with E-state index in [2.05, 4.69) is 32.5 Å². The van der Waals surface area contributed by atoms with Crippen LogP contribution in [-0.2, 0) is 0 Å². The molecule has 0 saturated carbocycles. The first-order valence-corrected chi connectivity index (χ1v) is 9.06. The number of carbonyl (C=O) groups is 1. The smallest absolute Gasteiger partial charge is 0.319 e. The highest BCUT2D eigenvalue weighted by Gasteiger charge is 2.14. The van der Waals surface area contributed by atoms with Gasteiger partial charge in [-0.2, -0.15) is 0 Å². The molecule has 0 unspecified atom stereocenters. The van der Waals surface area contributed by atoms with Crippen LogP contribution < -0.4 is 21.5 Å². The highest BCUT2D eigenvalue weighted by Crippen LogP contribution is 2.30. The topological polar surface area (TPSA) is 78.1 Å². The second-order valence-electron chi connectivity index (χ2n) is 6.03. The number of nitrogens with one attached hydrogen (secondary N) is 4. The summed E-state index contributed by atoms with van der Waals surface area (Å²) in [4.78, 5) is 16.6. The molecular formula is C18H19N5OS. The number of amides is 2. The van der Waals surface area contributed by atoms with E-state index in [-0.39, 0.29) is 6.03 Å². The number of urea groups is 1. The molecule has 1 fully saturated rings. The molecule has 0 bridgehead atoms. The van der Waals surface area contributed by atoms with Gasteiger partial charge in [0.15, 0.2) is 0 Å². The maximum Gasteiger partial charge on any atom is 0.319 e. The molecule has 2 aromatic carbocycles. The summed E-state index contributed by atoms with van der Waals surface area (Å²) < 4.78 is 1.18. The third kappa shape index (κ3) is 3.79. The first-order valence-electron chi connectivity index (χ1n) is 8.24. The lowest BCUT2D eigenvalue weighted by atomic mass is 10.2. The summed E-state index contributed by atoms with van der Waals surface area (Å²) in [6.07, 6.45) is 0. The van der Waals surface area contributed by atoms with Crippen LogP contribution in [-0.4, -0.2) is 30.6 Å². The normalized spacial score (nSPS) is 14.7. The van der Waals surface area contributed by atoms with Crippen molar-refractivity contribution in [1.29, 1.82) is 0 Å². The molecular weight excluding hydrogens is 334 g/mol. The first-order chi connectivity index (χ1) is 12.3. The number of carbonyl (C=O) groups excluding carboxylic acids is 1. The van der Waals surface area contributed by atoms with Gasteiger partial charge in [-0.15, -0.1) is 11.3 Å². The maximum atomic E-state index is 12.0. The maximum absolute atomic E-state index is 12.0. The number of para-hydroxylation sites is 1. The SMILES string of the molecule is O=C(NCC1CNNC1)Nc1ccc(-c2nc3ccccc3s2)cc1. The number of hydrogen-bond donors (Lipinski definition) is 4. The van der Waals surface area contributed by atoms with E-state index in [0.29, 0.717) is 12.5 Å². The molecule has 7 heteroatoms. The van der Waals surface area contributed by atoms with Crippen LogP contribution >= 0.6 is 11.3 Å². The fourth-order valence-electron chi connectivity index (χ4n) is 2.75. The van der Waals surface area contributed by atoms with Crippen molar-refractivity contribution < 1.29 is 4.79 Å². The van der Waals surface area contributed by atoms with E-state index < -0.39 is 0 Å². The van der Waals surface area contributed by atoms with Crippen molar-refractivity contribution in [2.75, 3.05) is 25.0 Å². The van der Waals surface area contributed by atoms with Crippen LogP contribution in [0.2, 0.25) is 0 Å². The minimum Gasteiger partial charge on any atom is -0.337 e. The van der Waals surface area contributed by atoms with E-state index in [1.54, 1.807) is 11.3 Å². The lowest BCUT2D eigenvalue weighted by molar-refractivity contribution is 0.250. The van der Waals surface area contributed by atoms with Crippen molar-refractivity contribution in [3.05, 3.63) is 48.5 Å². The van der Waals surface area contributed by atoms with Crippen molar-refractivity contribution in [3.8, 4) is 10.6 Å². The third-order valence-electron chi connectivity index (χ3n) is 4.14. The van der Waals surface area contributed by atoms with Gasteiger partial charge < -0.3 is 10.6 Å². The van der Waals surface area contributed by atoms with Crippen LogP contribution in [0.25, 0.3) is 20.8 Å². The second-order valence-corrected chi connectivity index (χ2v) is 7.06. The zero-order valence-corrected chi connectivity index (χ0v) is 14.4. The van der Waals surface area contributed by atoms with Gasteiger partial charge in [0.25, 0.3) is 0 Å². The summed E-state index contributed by atoms with van der Waals surface area (Å²) >= 11 is 1.67. The lowest BCUT2D eigenvalue weighted by Crippen LogP contribution is -2.34. The fourth-order valence-corrected chi connectivity index (χ4v) is 3.72. The van der Waals surface area contributed by atoms with Crippen LogP contribution in [0.3, 0.4) is 0 Å². The Balaban J connectivity index is 1.38. The number of fused-ring (bicyclic) bond motifs is 1. The van der Waals surface area contributed by atoms with Gasteiger partial charge in [-0.05, 0) is 36.4 Å². The van der Waals surface area contributed by atoms with Gasteiger partial charge in [0.05, 0.1) is 10.2 Å². The average molecular weight is 353 g/mol. The lowest BCUT2D eigenvalue weighted by Gasteiger charge is -2.11. The molecule has 6 nitrogen and oxygen atoms in total. The summed E-state index contributed by atoms with van der Waals surface area (Å²) in [5, 5.41) is 6.74. The summed E-state index contributed by atoms with van der Waals surface area (Å²) in [6.45, 7) is 2.39. The van der Waals surface area contributed by atoms with E-state index in [1.807, 2.05) is 42.5 Å². The minimum atomic E-state index is -0.181. The molecule has 25 heavy (non-hydrogen) atoms. The quantitative estimate of drug-likeness (QED) is 0.582. The highest BCUT2D eigenvalue weighted by atomic mass is 32.1. The number of anilines is 1. The Labute approximate surface area is 149 Å². The number of thiazole rings is 1. The molecule has 0 spiro atoms. The molecule has 0 atom stereocenters. The zero-order valence-electron chi connectivity index (χ0n) is 13.6. The highest BCUT2D eigenvalue weighted by molar-refractivity contribution is 7.21. The number of rotatable bonds is 4. The Kier molecular flexibility index (Phi) is 4.60. The molecule has 1 aromatic heterocycles. The van der Waals surface area contributed by atoms with Crippen molar-refractivity contribution >= 4 is 33.3 Å². The van der Waals surface area contributed by atoms with E-state index in [1.165, 1.54) is 4.70 Å². The predicted molar refractivity (Wildman–Crippen MR) is 102 cm³/mol. The minimum absolute atomic E-state index is 0.181. The van der Waals surface area contributed by atoms with Crippen molar-refractivity contribution in [2.24, 2.45) is 5.92 Å². The molecule has 4 N–H and O–H groups in total. The van der Waals surface area contributed by atoms with Crippen molar-refractivity contribution in [2.45, 2.75) is 0 Å². The van der Waals surface area contributed by atoms with Crippen molar-refractivity contribution in [3.63, 3.8) is 0 Å². The number of aromatic nitrogens is 1. The fraction of sp³-hybridized carbons (Fsp3) is 0.222. The van der Waals surface area contributed by atoms with Gasteiger partial charge in [0, 0.05) is 36.8 Å². The molecule has 3 aromatic rings. The van der Waals surface area contributed by atoms with Gasteiger partial charge in [-0.1, -0.05) is 12.1 Å². The summed E-state index contributed by atoms with van der Waals surface area (Å²) in [6, 6.07) is 15.7. The van der Waals surface area contributed by atoms with Crippen LogP contribution in [0.15, 0.2) is 48.5 Å². The molecule has 1 saturated heterocycles. The van der Waals surface area contributed by atoms with Gasteiger partial charge in [-0.25, -0.2) is 9.78 Å². The number of hydrazine groups is 1. The molecule has 1 aliphatic heterocycles. The van der Waals surface area contributed by atoms with E-state index >= 15 is 0 Å². The van der Waals surface area contributed by atoms with Crippen LogP contribution in [0.4, 0.5) is 10.5 Å². The predicted octanol–water partition coefficient (Wildman–Crippen LogP) is 2.81. The molecule has 1 aliphatic rings. The van der Waals surface area contributed by atoms with Gasteiger partial charge >= 0.3 is 6.03 Å². The van der Waals surface area contributed by atoms with E-state index in [0.717, 1.165) is 34.9 Å². The monoisotopic (exact) mass is 353 g/mol. The molecule has 4 rings (SSSR count). The Morgan fingerprint density at radius 3 is 2.64 bits per heavy atom. The summed E-state index contributed by atoms with van der Waals surface area (Å²) in [5.41, 5.74) is 8.93. The third-order valence-corrected chi connectivity index (χ3v) is 5.23. The van der Waals surface area contributed by atoms with Gasteiger partial charge in [0.2, 0.25) is 0 Å². The summed E-state index contributed by atoms with van der Waals surface area (Å²) in [7, 11) is 0. The second kappa shape index (κ2) is 7.18. The Bertz CT molecular complexity index is 838. The van der Waals surface area contributed by atoms with Crippen LogP contribution in [0, 0.1) is 5.92 Å².